The Balaban J connectivity index is 1.97. The van der Waals surface area contributed by atoms with Crippen molar-refractivity contribution in [2.45, 2.75) is 77.6 Å². The second-order valence-electron chi connectivity index (χ2n) is 10.7. The maximum Gasteiger partial charge on any atom is 0.328 e. The molecule has 0 spiro atoms. The molecule has 1 N–H and O–H groups in total. The lowest BCUT2D eigenvalue weighted by molar-refractivity contribution is -0.131. The molecule has 0 unspecified atom stereocenters. The summed E-state index contributed by atoms with van der Waals surface area (Å²) in [4.78, 5) is 10.9. The zero-order valence-electron chi connectivity index (χ0n) is 19.7. The number of carboxylic acids is 1. The van der Waals surface area contributed by atoms with Crippen LogP contribution in [-0.2, 0) is 25.8 Å². The number of rotatable bonds is 7. The predicted molar refractivity (Wildman–Crippen MR) is 123 cm³/mol. The molecule has 1 fully saturated rings. The molecule has 0 radical (unpaired) electrons. The third-order valence-electron chi connectivity index (χ3n) is 7.68. The summed E-state index contributed by atoms with van der Waals surface area (Å²) in [7, 11) is 0. The molecule has 3 nitrogen and oxygen atoms in total. The van der Waals surface area contributed by atoms with E-state index in [1.165, 1.54) is 35.6 Å². The molecule has 0 aliphatic heterocycles. The molecule has 0 amide bonds. The average Bonchev–Trinajstić information content (AvgIpc) is 3.25. The van der Waals surface area contributed by atoms with E-state index in [1.54, 1.807) is 0 Å². The topological polar surface area (TPSA) is 46.5 Å². The van der Waals surface area contributed by atoms with Gasteiger partial charge in [0, 0.05) is 18.1 Å². The molecule has 2 aliphatic rings. The Hall–Kier alpha value is -1.87. The Morgan fingerprint density at radius 3 is 2.37 bits per heavy atom. The fourth-order valence-corrected chi connectivity index (χ4v) is 5.32. The van der Waals surface area contributed by atoms with Crippen LogP contribution in [-0.4, -0.2) is 24.3 Å². The number of benzene rings is 1. The largest absolute Gasteiger partial charge is 0.478 e. The zero-order chi connectivity index (χ0) is 22.3. The van der Waals surface area contributed by atoms with Crippen molar-refractivity contribution in [2.75, 3.05) is 13.2 Å². The minimum atomic E-state index is -0.902. The summed E-state index contributed by atoms with van der Waals surface area (Å²) in [6.07, 6.45) is 7.83. The number of hydrogen-bond acceptors (Lipinski definition) is 2. The van der Waals surface area contributed by atoms with Crippen molar-refractivity contribution in [3.05, 3.63) is 58.7 Å². The van der Waals surface area contributed by atoms with Crippen molar-refractivity contribution < 1.29 is 14.6 Å². The van der Waals surface area contributed by atoms with Gasteiger partial charge in [-0.25, -0.2) is 4.79 Å². The first-order valence-electron chi connectivity index (χ1n) is 11.3. The summed E-state index contributed by atoms with van der Waals surface area (Å²) in [5, 5.41) is 8.99. The molecule has 30 heavy (non-hydrogen) atoms. The van der Waals surface area contributed by atoms with E-state index >= 15 is 0 Å². The van der Waals surface area contributed by atoms with Gasteiger partial charge >= 0.3 is 5.97 Å². The highest BCUT2D eigenvalue weighted by Gasteiger charge is 2.60. The quantitative estimate of drug-likeness (QED) is 0.432. The molecule has 3 atom stereocenters. The van der Waals surface area contributed by atoms with Crippen LogP contribution in [0.2, 0.25) is 0 Å². The second-order valence-corrected chi connectivity index (χ2v) is 10.7. The van der Waals surface area contributed by atoms with Crippen LogP contribution in [0.25, 0.3) is 0 Å². The lowest BCUT2D eigenvalue weighted by Gasteiger charge is -2.42. The van der Waals surface area contributed by atoms with E-state index in [0.717, 1.165) is 12.2 Å². The number of carboxylic acid groups (broad SMARTS) is 1. The van der Waals surface area contributed by atoms with Gasteiger partial charge in [0.1, 0.15) is 0 Å². The molecule has 0 saturated heterocycles. The van der Waals surface area contributed by atoms with Gasteiger partial charge in [0.2, 0.25) is 0 Å². The monoisotopic (exact) mass is 410 g/mol. The summed E-state index contributed by atoms with van der Waals surface area (Å²) in [6, 6.07) is 7.15. The van der Waals surface area contributed by atoms with E-state index in [4.69, 9.17) is 9.84 Å². The first kappa shape index (κ1) is 22.8. The molecule has 164 valence electrons. The van der Waals surface area contributed by atoms with Crippen LogP contribution in [0.4, 0.5) is 0 Å². The van der Waals surface area contributed by atoms with Gasteiger partial charge in [-0.1, -0.05) is 65.0 Å². The van der Waals surface area contributed by atoms with Gasteiger partial charge in [-0.15, -0.1) is 0 Å². The van der Waals surface area contributed by atoms with Gasteiger partial charge in [0.15, 0.2) is 0 Å². The van der Waals surface area contributed by atoms with Crippen molar-refractivity contribution in [1.82, 2.24) is 0 Å². The SMILES string of the molecule is CCOC[C@H]1[C@@H](/C=C/C(C)=C/C(=O)O)[C@]1(C)c1ccc2c(c1)C(C)(C)CCC2(C)C. The Morgan fingerprint density at radius 2 is 1.77 bits per heavy atom. The molecule has 2 aliphatic carbocycles. The van der Waals surface area contributed by atoms with Gasteiger partial charge in [0.25, 0.3) is 0 Å². The maximum atomic E-state index is 10.9. The van der Waals surface area contributed by atoms with Crippen LogP contribution in [0.1, 0.15) is 78.0 Å². The summed E-state index contributed by atoms with van der Waals surface area (Å²) in [6.45, 7) is 17.1. The standard InChI is InChI=1S/C27H38O3/c1-8-30-17-23-21(11-9-18(2)15-24(28)29)27(23,7)19-10-12-20-22(16-19)26(5,6)14-13-25(20,3)4/h9-12,15-16,21,23H,8,13-14,17H2,1-7H3,(H,28,29)/b11-9+,18-15+/t21-,23+,27+/m1/s1. The molecule has 3 heteroatoms. The van der Waals surface area contributed by atoms with Gasteiger partial charge in [-0.2, -0.15) is 0 Å². The van der Waals surface area contributed by atoms with Crippen LogP contribution in [0, 0.1) is 11.8 Å². The molecule has 3 rings (SSSR count). The van der Waals surface area contributed by atoms with Gasteiger partial charge in [-0.05, 0) is 71.6 Å². The minimum absolute atomic E-state index is 0.0157. The van der Waals surface area contributed by atoms with Crippen LogP contribution >= 0.6 is 0 Å². The van der Waals surface area contributed by atoms with E-state index in [1.807, 2.05) is 19.9 Å². The zero-order valence-corrected chi connectivity index (χ0v) is 19.7. The number of ether oxygens (including phenoxy) is 1. The van der Waals surface area contributed by atoms with E-state index in [2.05, 4.69) is 58.9 Å². The van der Waals surface area contributed by atoms with Crippen molar-refractivity contribution in [3.63, 3.8) is 0 Å². The molecule has 1 aromatic rings. The number of fused-ring (bicyclic) bond motifs is 1. The first-order chi connectivity index (χ1) is 13.9. The highest BCUT2D eigenvalue weighted by atomic mass is 16.5. The highest BCUT2D eigenvalue weighted by Crippen LogP contribution is 2.61. The lowest BCUT2D eigenvalue weighted by atomic mass is 9.62. The smallest absolute Gasteiger partial charge is 0.328 e. The third kappa shape index (κ3) is 4.14. The van der Waals surface area contributed by atoms with Crippen molar-refractivity contribution in [2.24, 2.45) is 11.8 Å². The molecule has 0 aromatic heterocycles. The van der Waals surface area contributed by atoms with E-state index < -0.39 is 5.97 Å². The van der Waals surface area contributed by atoms with Gasteiger partial charge in [0.05, 0.1) is 6.61 Å². The van der Waals surface area contributed by atoms with Crippen molar-refractivity contribution in [3.8, 4) is 0 Å². The Morgan fingerprint density at radius 1 is 1.13 bits per heavy atom. The summed E-state index contributed by atoms with van der Waals surface area (Å²) < 4.78 is 5.82. The number of allylic oxidation sites excluding steroid dienone is 3. The minimum Gasteiger partial charge on any atom is -0.478 e. The van der Waals surface area contributed by atoms with Crippen molar-refractivity contribution in [1.29, 1.82) is 0 Å². The third-order valence-corrected chi connectivity index (χ3v) is 7.68. The van der Waals surface area contributed by atoms with Crippen molar-refractivity contribution >= 4 is 5.97 Å². The number of carbonyl (C=O) groups is 1. The highest BCUT2D eigenvalue weighted by molar-refractivity contribution is 5.81. The molecule has 1 aromatic carbocycles. The lowest BCUT2D eigenvalue weighted by Crippen LogP contribution is -2.34. The van der Waals surface area contributed by atoms with Gasteiger partial charge in [-0.3, -0.25) is 0 Å². The Labute approximate surface area is 182 Å². The molecular formula is C27H38O3. The Kier molecular flexibility index (Phi) is 6.08. The molecule has 0 bridgehead atoms. The predicted octanol–water partition coefficient (Wildman–Crippen LogP) is 6.16. The summed E-state index contributed by atoms with van der Waals surface area (Å²) in [5.41, 5.74) is 5.54. The fraction of sp³-hybridized carbons (Fsp3) is 0.593. The van der Waals surface area contributed by atoms with E-state index in [9.17, 15) is 4.79 Å². The van der Waals surface area contributed by atoms with E-state index in [-0.39, 0.29) is 16.2 Å². The number of aliphatic carboxylic acids is 1. The molecule has 1 saturated carbocycles. The molecular weight excluding hydrogens is 372 g/mol. The van der Waals surface area contributed by atoms with Crippen LogP contribution in [0.5, 0.6) is 0 Å². The van der Waals surface area contributed by atoms with Crippen LogP contribution < -0.4 is 0 Å². The second kappa shape index (κ2) is 8.00. The van der Waals surface area contributed by atoms with Crippen LogP contribution in [0.15, 0.2) is 42.0 Å². The van der Waals surface area contributed by atoms with Crippen LogP contribution in [0.3, 0.4) is 0 Å². The Bertz CT molecular complexity index is 874. The number of hydrogen-bond donors (Lipinski definition) is 1. The first-order valence-corrected chi connectivity index (χ1v) is 11.3. The maximum absolute atomic E-state index is 10.9. The summed E-state index contributed by atoms with van der Waals surface area (Å²) in [5.74, 6) is -0.149. The molecule has 0 heterocycles. The normalized spacial score (nSPS) is 29.6. The fourth-order valence-electron chi connectivity index (χ4n) is 5.32. The van der Waals surface area contributed by atoms with Gasteiger partial charge < -0.3 is 9.84 Å². The average molecular weight is 411 g/mol. The van der Waals surface area contributed by atoms with E-state index in [0.29, 0.717) is 18.4 Å². The summed E-state index contributed by atoms with van der Waals surface area (Å²) >= 11 is 0.